The van der Waals surface area contributed by atoms with E-state index in [0.29, 0.717) is 11.0 Å². The van der Waals surface area contributed by atoms with Gasteiger partial charge in [-0.15, -0.1) is 5.10 Å². The van der Waals surface area contributed by atoms with Gasteiger partial charge in [0.05, 0.1) is 11.3 Å². The molecular formula is C12H9F3N4O3. The maximum Gasteiger partial charge on any atom is 0.453 e. The van der Waals surface area contributed by atoms with E-state index in [2.05, 4.69) is 15.5 Å². The Bertz CT molecular complexity index is 712. The van der Waals surface area contributed by atoms with Crippen molar-refractivity contribution in [3.05, 3.63) is 29.6 Å². The molecule has 10 heteroatoms. The van der Waals surface area contributed by atoms with Crippen molar-refractivity contribution in [2.24, 2.45) is 0 Å². The number of tetrazole rings is 1. The third-order valence-corrected chi connectivity index (χ3v) is 2.60. The molecular weight excluding hydrogens is 305 g/mol. The first-order valence-electron chi connectivity index (χ1n) is 6.02. The monoisotopic (exact) mass is 314 g/mol. The highest BCUT2D eigenvalue weighted by Gasteiger charge is 2.38. The quantitative estimate of drug-likeness (QED) is 0.486. The van der Waals surface area contributed by atoms with E-state index in [4.69, 9.17) is 4.74 Å². The fourth-order valence-electron chi connectivity index (χ4n) is 1.59. The Morgan fingerprint density at radius 2 is 2.14 bits per heavy atom. The average molecular weight is 314 g/mol. The zero-order valence-electron chi connectivity index (χ0n) is 11.2. The number of alkyl halides is 3. The number of carbonyl (C=O) groups excluding carboxylic acids is 2. The number of carbonyl (C=O) groups is 2. The zero-order valence-corrected chi connectivity index (χ0v) is 11.2. The van der Waals surface area contributed by atoms with Crippen molar-refractivity contribution in [3.8, 4) is 11.4 Å². The zero-order chi connectivity index (χ0) is 16.3. The van der Waals surface area contributed by atoms with Gasteiger partial charge in [0, 0.05) is 6.42 Å². The predicted octanol–water partition coefficient (Wildman–Crippen LogP) is 1.81. The summed E-state index contributed by atoms with van der Waals surface area (Å²) in [6.07, 6.45) is -4.30. The van der Waals surface area contributed by atoms with Crippen LogP contribution in [0.5, 0.6) is 5.75 Å². The highest BCUT2D eigenvalue weighted by Crippen LogP contribution is 2.29. The lowest BCUT2D eigenvalue weighted by Crippen LogP contribution is -2.15. The van der Waals surface area contributed by atoms with Gasteiger partial charge in [0.1, 0.15) is 5.75 Å². The molecule has 0 aliphatic rings. The van der Waals surface area contributed by atoms with Gasteiger partial charge in [-0.2, -0.15) is 17.9 Å². The third kappa shape index (κ3) is 3.10. The molecule has 0 aliphatic heterocycles. The number of benzene rings is 1. The van der Waals surface area contributed by atoms with Crippen LogP contribution in [0.4, 0.5) is 13.2 Å². The second-order valence-electron chi connectivity index (χ2n) is 4.08. The molecule has 0 bridgehead atoms. The number of aromatic nitrogens is 4. The van der Waals surface area contributed by atoms with Crippen molar-refractivity contribution in [2.45, 2.75) is 19.5 Å². The Morgan fingerprint density at radius 1 is 1.41 bits per heavy atom. The molecule has 22 heavy (non-hydrogen) atoms. The smallest absolute Gasteiger partial charge is 0.426 e. The number of halogens is 3. The molecule has 0 saturated carbocycles. The van der Waals surface area contributed by atoms with E-state index in [-0.39, 0.29) is 23.4 Å². The summed E-state index contributed by atoms with van der Waals surface area (Å²) in [6.45, 7) is 1.56. The molecule has 0 saturated heterocycles. The van der Waals surface area contributed by atoms with Crippen molar-refractivity contribution in [1.29, 1.82) is 0 Å². The predicted molar refractivity (Wildman–Crippen MR) is 65.5 cm³/mol. The van der Waals surface area contributed by atoms with Crippen LogP contribution >= 0.6 is 0 Å². The van der Waals surface area contributed by atoms with Crippen molar-refractivity contribution in [2.75, 3.05) is 0 Å². The Kier molecular flexibility index (Phi) is 4.20. The molecule has 1 aromatic carbocycles. The maximum atomic E-state index is 12.7. The fraction of sp³-hybridized carbons (Fsp3) is 0.250. The number of ether oxygens (including phenoxy) is 1. The van der Waals surface area contributed by atoms with E-state index in [9.17, 15) is 22.8 Å². The van der Waals surface area contributed by atoms with Gasteiger partial charge in [-0.05, 0) is 28.6 Å². The van der Waals surface area contributed by atoms with Gasteiger partial charge in [0.2, 0.25) is 0 Å². The second-order valence-corrected chi connectivity index (χ2v) is 4.08. The van der Waals surface area contributed by atoms with Crippen molar-refractivity contribution in [1.82, 2.24) is 20.2 Å². The minimum atomic E-state index is -4.75. The number of nitrogens with zero attached hydrogens (tertiary/aromatic N) is 4. The molecule has 2 rings (SSSR count). The molecule has 0 radical (unpaired) electrons. The van der Waals surface area contributed by atoms with Gasteiger partial charge < -0.3 is 4.74 Å². The van der Waals surface area contributed by atoms with Gasteiger partial charge in [0.15, 0.2) is 6.29 Å². The molecule has 2 aromatic rings. The molecule has 1 heterocycles. The summed E-state index contributed by atoms with van der Waals surface area (Å²) < 4.78 is 43.6. The number of hydrogen-bond donors (Lipinski definition) is 0. The first kappa shape index (κ1) is 15.6. The van der Waals surface area contributed by atoms with E-state index in [0.717, 1.165) is 6.07 Å². The molecule has 0 amide bonds. The van der Waals surface area contributed by atoms with Crippen LogP contribution in [-0.4, -0.2) is 32.5 Å². The normalized spacial score (nSPS) is 11.3. The lowest BCUT2D eigenvalue weighted by atomic mass is 10.2. The Labute approximate surface area is 121 Å². The summed E-state index contributed by atoms with van der Waals surface area (Å²) in [7, 11) is 0. The van der Waals surface area contributed by atoms with Gasteiger partial charge in [-0.3, -0.25) is 9.59 Å². The van der Waals surface area contributed by atoms with Crippen molar-refractivity contribution >= 4 is 12.3 Å². The summed E-state index contributed by atoms with van der Waals surface area (Å²) >= 11 is 0. The second kappa shape index (κ2) is 5.92. The van der Waals surface area contributed by atoms with E-state index >= 15 is 0 Å². The van der Waals surface area contributed by atoms with Gasteiger partial charge >= 0.3 is 12.1 Å². The topological polar surface area (TPSA) is 87.0 Å². The summed E-state index contributed by atoms with van der Waals surface area (Å²) in [6, 6.07) is 3.50. The SMILES string of the molecule is CCC(=O)Oc1ccc(-n2nnnc2C(F)(F)F)cc1C=O. The summed E-state index contributed by atoms with van der Waals surface area (Å²) in [5.41, 5.74) is -0.182. The van der Waals surface area contributed by atoms with Crippen LogP contribution in [0.3, 0.4) is 0 Å². The van der Waals surface area contributed by atoms with E-state index < -0.39 is 18.0 Å². The largest absolute Gasteiger partial charge is 0.453 e. The number of aldehydes is 1. The van der Waals surface area contributed by atoms with Gasteiger partial charge in [0.25, 0.3) is 5.82 Å². The standard InChI is InChI=1S/C12H9F3N4O3/c1-2-10(21)22-9-4-3-8(5-7(9)6-20)19-11(12(13,14)15)16-17-18-19/h3-6H,2H2,1H3. The lowest BCUT2D eigenvalue weighted by molar-refractivity contribution is -0.146. The Hall–Kier alpha value is -2.78. The molecule has 0 unspecified atom stereocenters. The van der Waals surface area contributed by atoms with Gasteiger partial charge in [-0.1, -0.05) is 6.92 Å². The van der Waals surface area contributed by atoms with E-state index in [1.165, 1.54) is 12.1 Å². The molecule has 0 atom stereocenters. The van der Waals surface area contributed by atoms with Crippen molar-refractivity contribution in [3.63, 3.8) is 0 Å². The van der Waals surface area contributed by atoms with Crippen LogP contribution < -0.4 is 4.74 Å². The molecule has 0 spiro atoms. The highest BCUT2D eigenvalue weighted by atomic mass is 19.4. The summed E-state index contributed by atoms with van der Waals surface area (Å²) in [5.74, 6) is -1.95. The van der Waals surface area contributed by atoms with Crippen LogP contribution in [0.25, 0.3) is 5.69 Å². The van der Waals surface area contributed by atoms with E-state index in [1.807, 2.05) is 0 Å². The summed E-state index contributed by atoms with van der Waals surface area (Å²) in [4.78, 5) is 22.3. The Balaban J connectivity index is 2.45. The minimum Gasteiger partial charge on any atom is -0.426 e. The molecule has 0 aliphatic carbocycles. The number of rotatable bonds is 4. The molecule has 0 N–H and O–H groups in total. The number of esters is 1. The van der Waals surface area contributed by atoms with Crippen LogP contribution in [0, 0.1) is 0 Å². The minimum absolute atomic E-state index is 0.0489. The molecule has 7 nitrogen and oxygen atoms in total. The highest BCUT2D eigenvalue weighted by molar-refractivity contribution is 5.83. The molecule has 0 fully saturated rings. The molecule has 116 valence electrons. The van der Waals surface area contributed by atoms with Crippen LogP contribution in [0.15, 0.2) is 18.2 Å². The maximum absolute atomic E-state index is 12.7. The van der Waals surface area contributed by atoms with Crippen molar-refractivity contribution < 1.29 is 27.5 Å². The van der Waals surface area contributed by atoms with Crippen LogP contribution in [-0.2, 0) is 11.0 Å². The fourth-order valence-corrected chi connectivity index (χ4v) is 1.59. The first-order valence-corrected chi connectivity index (χ1v) is 6.02. The van der Waals surface area contributed by atoms with Gasteiger partial charge in [-0.25, -0.2) is 0 Å². The molecule has 1 aromatic heterocycles. The van der Waals surface area contributed by atoms with Crippen LogP contribution in [0.1, 0.15) is 29.5 Å². The lowest BCUT2D eigenvalue weighted by Gasteiger charge is -2.10. The average Bonchev–Trinajstić information content (AvgIpc) is 2.97. The van der Waals surface area contributed by atoms with Crippen LogP contribution in [0.2, 0.25) is 0 Å². The number of hydrogen-bond acceptors (Lipinski definition) is 6. The van der Waals surface area contributed by atoms with E-state index in [1.54, 1.807) is 6.92 Å². The third-order valence-electron chi connectivity index (χ3n) is 2.60. The summed E-state index contributed by atoms with van der Waals surface area (Å²) in [5, 5.41) is 9.13. The first-order chi connectivity index (χ1) is 10.4. The Morgan fingerprint density at radius 3 is 2.73 bits per heavy atom.